The average molecular weight is 1090 g/mol. The van der Waals surface area contributed by atoms with Gasteiger partial charge in [-0.15, -0.1) is 0 Å². The average Bonchev–Trinajstić information content (AvgIpc) is 3.33. The van der Waals surface area contributed by atoms with Crippen LogP contribution in [0.4, 0.5) is 19.2 Å². The number of aliphatic hydroxyl groups excluding tert-OH is 3. The first-order chi connectivity index (χ1) is 36.4. The van der Waals surface area contributed by atoms with E-state index in [1.807, 2.05) is 91.0 Å². The predicted molar refractivity (Wildman–Crippen MR) is 286 cm³/mol. The lowest BCUT2D eigenvalue weighted by molar-refractivity contribution is -0.318. The molecule has 21 heteroatoms. The first kappa shape index (κ1) is 61.6. The van der Waals surface area contributed by atoms with Gasteiger partial charge in [-0.3, -0.25) is 0 Å². The van der Waals surface area contributed by atoms with Crippen molar-refractivity contribution < 1.29 is 77.1 Å². The fourth-order valence-corrected chi connectivity index (χ4v) is 9.52. The normalized spacial score (nSPS) is 28.1. The summed E-state index contributed by atoms with van der Waals surface area (Å²) < 4.78 is 55.4. The third kappa shape index (κ3) is 17.2. The summed E-state index contributed by atoms with van der Waals surface area (Å²) in [7, 11) is 0. The molecule has 78 heavy (non-hydrogen) atoms. The van der Waals surface area contributed by atoms with Gasteiger partial charge >= 0.3 is 24.4 Å². The molecule has 0 spiro atoms. The van der Waals surface area contributed by atoms with Crippen LogP contribution in [0.15, 0.2) is 91.0 Å². The molecule has 1 aliphatic carbocycles. The van der Waals surface area contributed by atoms with Crippen molar-refractivity contribution in [2.75, 3.05) is 13.2 Å². The number of rotatable bonds is 15. The molecule has 1 saturated carbocycles. The van der Waals surface area contributed by atoms with Crippen molar-refractivity contribution in [3.05, 3.63) is 108 Å². The Morgan fingerprint density at radius 1 is 0.538 bits per heavy atom. The van der Waals surface area contributed by atoms with Crippen LogP contribution in [-0.2, 0) is 48.2 Å². The van der Waals surface area contributed by atoms with Crippen molar-refractivity contribution in [2.45, 2.75) is 210 Å². The molecule has 2 aliphatic heterocycles. The number of nitrogens with two attached hydrogens (primary N) is 1. The minimum atomic E-state index is -1.83. The van der Waals surface area contributed by atoms with Gasteiger partial charge in [0.05, 0.1) is 30.8 Å². The number of nitrogens with one attached hydrogen (secondary N) is 4. The molecule has 3 fully saturated rings. The van der Waals surface area contributed by atoms with Crippen LogP contribution in [0, 0.1) is 0 Å². The van der Waals surface area contributed by atoms with Crippen LogP contribution in [-0.4, -0.2) is 155 Å². The number of hydrogen-bond acceptors (Lipinski definition) is 17. The lowest BCUT2D eigenvalue weighted by Crippen LogP contribution is -2.69. The number of carbonyl (C=O) groups excluding carboxylic acids is 4. The van der Waals surface area contributed by atoms with E-state index in [9.17, 15) is 34.5 Å². The number of aliphatic hydroxyl groups is 3. The third-order valence-electron chi connectivity index (χ3n) is 12.7. The highest BCUT2D eigenvalue weighted by Crippen LogP contribution is 2.42. The lowest BCUT2D eigenvalue weighted by atomic mass is 9.80. The number of alkyl carbamates (subject to hydrolysis) is 4. The van der Waals surface area contributed by atoms with Gasteiger partial charge in [-0.1, -0.05) is 91.0 Å². The zero-order chi connectivity index (χ0) is 57.4. The SMILES string of the molecule is CC(C)(C)OC(=O)NCC1CCC(NC(=O)OC(C)(C)C)[C@@H](OC2C(O)[C@@H](O[C@H]3OC(COC(c4ccccc4)(c4ccccc4)c4ccccc4)[C@H](O)[C@H](NC(=O)OC(C)(C)C)C3O)[C@H](N)C[C@H]2NC(=O)OC(C)(C)C)O1. The number of carbonyl (C=O) groups is 4. The van der Waals surface area contributed by atoms with Gasteiger partial charge < -0.3 is 85.0 Å². The van der Waals surface area contributed by atoms with Crippen molar-refractivity contribution in [1.29, 1.82) is 0 Å². The summed E-state index contributed by atoms with van der Waals surface area (Å²) >= 11 is 0. The van der Waals surface area contributed by atoms with E-state index in [0.29, 0.717) is 6.42 Å². The first-order valence-electron chi connectivity index (χ1n) is 26.6. The number of hydrogen-bond donors (Lipinski definition) is 8. The van der Waals surface area contributed by atoms with E-state index in [4.69, 9.17) is 48.4 Å². The summed E-state index contributed by atoms with van der Waals surface area (Å²) in [4.78, 5) is 53.0. The smallest absolute Gasteiger partial charge is 0.408 e. The number of ether oxygens (including phenoxy) is 9. The Bertz CT molecular complexity index is 2310. The van der Waals surface area contributed by atoms with E-state index in [2.05, 4.69) is 21.3 Å². The van der Waals surface area contributed by atoms with Crippen molar-refractivity contribution in [3.63, 3.8) is 0 Å². The Morgan fingerprint density at radius 2 is 0.974 bits per heavy atom. The largest absolute Gasteiger partial charge is 0.444 e. The molecular weight excluding hydrogens is 1010 g/mol. The van der Waals surface area contributed by atoms with Crippen molar-refractivity contribution in [2.24, 2.45) is 5.73 Å². The molecule has 21 nitrogen and oxygen atoms in total. The lowest BCUT2D eigenvalue weighted by Gasteiger charge is -2.49. The second-order valence-corrected chi connectivity index (χ2v) is 24.0. The van der Waals surface area contributed by atoms with E-state index < -0.39 is 132 Å². The Balaban J connectivity index is 1.35. The molecule has 2 heterocycles. The van der Waals surface area contributed by atoms with Crippen LogP contribution in [0.2, 0.25) is 0 Å². The maximum atomic E-state index is 13.5. The van der Waals surface area contributed by atoms with E-state index in [1.165, 1.54) is 0 Å². The minimum Gasteiger partial charge on any atom is -0.444 e. The Hall–Kier alpha value is -5.62. The van der Waals surface area contributed by atoms with E-state index in [0.717, 1.165) is 16.7 Å². The first-order valence-corrected chi connectivity index (χ1v) is 26.6. The number of benzene rings is 3. The maximum Gasteiger partial charge on any atom is 0.408 e. The van der Waals surface area contributed by atoms with E-state index in [1.54, 1.807) is 83.1 Å². The highest BCUT2D eigenvalue weighted by atomic mass is 16.7. The van der Waals surface area contributed by atoms with Gasteiger partial charge in [0, 0.05) is 12.6 Å². The van der Waals surface area contributed by atoms with Gasteiger partial charge in [0.25, 0.3) is 0 Å². The zero-order valence-corrected chi connectivity index (χ0v) is 46.9. The van der Waals surface area contributed by atoms with Crippen LogP contribution >= 0.6 is 0 Å². The molecule has 4 amide bonds. The van der Waals surface area contributed by atoms with Gasteiger partial charge in [0.15, 0.2) is 12.6 Å². The molecule has 0 aromatic heterocycles. The summed E-state index contributed by atoms with van der Waals surface area (Å²) in [5, 5.41) is 47.9. The Morgan fingerprint density at radius 3 is 1.45 bits per heavy atom. The second-order valence-electron chi connectivity index (χ2n) is 24.0. The molecular formula is C57H83N5O16. The summed E-state index contributed by atoms with van der Waals surface area (Å²) in [5.74, 6) is 0. The molecule has 9 N–H and O–H groups in total. The summed E-state index contributed by atoms with van der Waals surface area (Å²) in [6.45, 7) is 19.9. The van der Waals surface area contributed by atoms with Crippen molar-refractivity contribution in [1.82, 2.24) is 21.3 Å². The minimum absolute atomic E-state index is 0.0212. The third-order valence-corrected chi connectivity index (χ3v) is 12.7. The Kier molecular flexibility index (Phi) is 20.3. The van der Waals surface area contributed by atoms with Crippen LogP contribution in [0.3, 0.4) is 0 Å². The molecule has 0 radical (unpaired) electrons. The summed E-state index contributed by atoms with van der Waals surface area (Å²) in [5.41, 5.74) is 4.26. The standard InChI is InChI=1S/C57H83N5O16/c1-53(2,3)75-49(66)59-31-36-28-29-38(60-50(67)76-54(4,5)6)47(71-36)74-46-39(61-51(68)77-55(7,8)9)30-37(58)45(44(46)65)73-48-43(64)41(62-52(69)78-56(10,11)12)42(63)40(72-48)32-70-57(33-22-16-13-17-23-33,34-24-18-14-19-25-34)35-26-20-15-21-27-35/h13-27,36-48,63-65H,28-32,58H2,1-12H3,(H,59,66)(H,60,67)(H,61,68)(H,62,69)/t36?,37-,38?,39-,40?,41+,42+,43?,44?,45+,46?,47-,48-/m1/s1. The molecule has 13 atom stereocenters. The molecule has 6 rings (SSSR count). The van der Waals surface area contributed by atoms with Crippen LogP contribution in [0.5, 0.6) is 0 Å². The van der Waals surface area contributed by atoms with Crippen LogP contribution in [0.25, 0.3) is 0 Å². The molecule has 3 aliphatic rings. The van der Waals surface area contributed by atoms with Gasteiger partial charge in [0.2, 0.25) is 0 Å². The quantitative estimate of drug-likeness (QED) is 0.0638. The zero-order valence-electron chi connectivity index (χ0n) is 46.9. The molecule has 432 valence electrons. The number of amides is 4. The predicted octanol–water partition coefficient (Wildman–Crippen LogP) is 6.01. The molecule has 3 aromatic rings. The molecule has 6 unspecified atom stereocenters. The summed E-state index contributed by atoms with van der Waals surface area (Å²) in [6.07, 6.45) is -16.1. The van der Waals surface area contributed by atoms with Crippen molar-refractivity contribution >= 4 is 24.4 Å². The second kappa shape index (κ2) is 25.7. The van der Waals surface area contributed by atoms with E-state index >= 15 is 0 Å². The monoisotopic (exact) mass is 1090 g/mol. The highest BCUT2D eigenvalue weighted by molar-refractivity contribution is 5.69. The van der Waals surface area contributed by atoms with E-state index in [-0.39, 0.29) is 26.0 Å². The van der Waals surface area contributed by atoms with Crippen LogP contribution in [0.1, 0.15) is 119 Å². The van der Waals surface area contributed by atoms with Gasteiger partial charge in [-0.25, -0.2) is 19.2 Å². The fourth-order valence-electron chi connectivity index (χ4n) is 9.52. The molecule has 0 bridgehead atoms. The van der Waals surface area contributed by atoms with Crippen LogP contribution < -0.4 is 27.0 Å². The molecule has 3 aromatic carbocycles. The Labute approximate surface area is 457 Å². The maximum absolute atomic E-state index is 13.5. The summed E-state index contributed by atoms with van der Waals surface area (Å²) in [6, 6.07) is 23.9. The van der Waals surface area contributed by atoms with Gasteiger partial charge in [-0.05, 0) is 119 Å². The fraction of sp³-hybridized carbons (Fsp3) is 0.614. The van der Waals surface area contributed by atoms with Gasteiger partial charge in [0.1, 0.15) is 64.6 Å². The topological polar surface area (TPSA) is 286 Å². The van der Waals surface area contributed by atoms with Gasteiger partial charge in [-0.2, -0.15) is 0 Å². The molecule has 2 saturated heterocycles. The van der Waals surface area contributed by atoms with Crippen molar-refractivity contribution in [3.8, 4) is 0 Å². The highest BCUT2D eigenvalue weighted by Gasteiger charge is 2.53.